The molecule has 0 aliphatic carbocycles. The summed E-state index contributed by atoms with van der Waals surface area (Å²) in [5.41, 5.74) is 0. The summed E-state index contributed by atoms with van der Waals surface area (Å²) in [6.07, 6.45) is -0.262. The van der Waals surface area contributed by atoms with Crippen LogP contribution in [0.1, 0.15) is 13.8 Å². The van der Waals surface area contributed by atoms with Crippen LogP contribution in [0.4, 0.5) is 4.79 Å². The van der Waals surface area contributed by atoms with Gasteiger partial charge in [-0.2, -0.15) is 0 Å². The molecule has 1 fully saturated rings. The number of carbonyl (C=O) groups excluding carboxylic acids is 1. The van der Waals surface area contributed by atoms with Crippen molar-refractivity contribution in [1.82, 2.24) is 5.32 Å². The zero-order chi connectivity index (χ0) is 8.27. The lowest BCUT2D eigenvalue weighted by atomic mass is 10.4. The van der Waals surface area contributed by atoms with Gasteiger partial charge in [0.15, 0.2) is 0 Å². The number of alkyl carbamates (subject to hydrolysis) is 1. The number of hydrogen-bond acceptors (Lipinski definition) is 3. The number of rotatable bonds is 3. The Hall–Kier alpha value is -0.770. The van der Waals surface area contributed by atoms with E-state index in [-0.39, 0.29) is 18.3 Å². The van der Waals surface area contributed by atoms with Gasteiger partial charge in [0.05, 0.1) is 19.3 Å². The first-order valence-corrected chi connectivity index (χ1v) is 3.74. The van der Waals surface area contributed by atoms with Crippen LogP contribution in [0.2, 0.25) is 0 Å². The largest absolute Gasteiger partial charge is 0.442 e. The van der Waals surface area contributed by atoms with Crippen molar-refractivity contribution in [3.8, 4) is 0 Å². The molecule has 0 bridgehead atoms. The van der Waals surface area contributed by atoms with Crippen molar-refractivity contribution in [2.24, 2.45) is 0 Å². The molecule has 4 nitrogen and oxygen atoms in total. The van der Waals surface area contributed by atoms with Gasteiger partial charge in [-0.25, -0.2) is 4.79 Å². The van der Waals surface area contributed by atoms with Gasteiger partial charge in [0.25, 0.3) is 0 Å². The van der Waals surface area contributed by atoms with Gasteiger partial charge in [0.2, 0.25) is 0 Å². The molecule has 1 saturated heterocycles. The number of hydrogen-bond donors (Lipinski definition) is 1. The van der Waals surface area contributed by atoms with E-state index in [4.69, 9.17) is 9.47 Å². The minimum Gasteiger partial charge on any atom is -0.442 e. The molecule has 0 unspecified atom stereocenters. The highest BCUT2D eigenvalue weighted by Crippen LogP contribution is 2.01. The Balaban J connectivity index is 2.13. The maximum atomic E-state index is 10.5. The Bertz CT molecular complexity index is 147. The van der Waals surface area contributed by atoms with Crippen molar-refractivity contribution in [3.63, 3.8) is 0 Å². The van der Waals surface area contributed by atoms with Gasteiger partial charge in [-0.05, 0) is 13.8 Å². The Morgan fingerprint density at radius 3 is 3.00 bits per heavy atom. The van der Waals surface area contributed by atoms with Gasteiger partial charge in [-0.15, -0.1) is 0 Å². The normalized spacial score (nSPS) is 23.5. The lowest BCUT2D eigenvalue weighted by Crippen LogP contribution is -2.22. The van der Waals surface area contributed by atoms with Crippen molar-refractivity contribution in [3.05, 3.63) is 0 Å². The number of carbonyl (C=O) groups is 1. The van der Waals surface area contributed by atoms with E-state index in [0.717, 1.165) is 0 Å². The van der Waals surface area contributed by atoms with E-state index < -0.39 is 0 Å². The van der Waals surface area contributed by atoms with E-state index in [1.54, 1.807) is 0 Å². The van der Waals surface area contributed by atoms with E-state index in [0.29, 0.717) is 13.2 Å². The molecule has 1 aliphatic rings. The first-order chi connectivity index (χ1) is 5.18. The molecule has 4 heteroatoms. The molecule has 1 atom stereocenters. The molecule has 0 spiro atoms. The first-order valence-electron chi connectivity index (χ1n) is 3.74. The maximum Gasteiger partial charge on any atom is 0.407 e. The third-order valence-electron chi connectivity index (χ3n) is 1.36. The Kier molecular flexibility index (Phi) is 2.70. The summed E-state index contributed by atoms with van der Waals surface area (Å²) in [6.45, 7) is 4.94. The predicted molar refractivity (Wildman–Crippen MR) is 39.4 cm³/mol. The fourth-order valence-corrected chi connectivity index (χ4v) is 0.825. The number of cyclic esters (lactones) is 1. The van der Waals surface area contributed by atoms with Gasteiger partial charge in [-0.3, -0.25) is 0 Å². The Labute approximate surface area is 65.9 Å². The van der Waals surface area contributed by atoms with Crippen molar-refractivity contribution in [2.45, 2.75) is 26.1 Å². The Morgan fingerprint density at radius 1 is 1.82 bits per heavy atom. The summed E-state index contributed by atoms with van der Waals surface area (Å²) in [5, 5.41) is 2.55. The van der Waals surface area contributed by atoms with Gasteiger partial charge in [0.1, 0.15) is 6.10 Å². The summed E-state index contributed by atoms with van der Waals surface area (Å²) < 4.78 is 10.1. The summed E-state index contributed by atoms with van der Waals surface area (Å²) in [6, 6.07) is 0. The van der Waals surface area contributed by atoms with Crippen molar-refractivity contribution in [1.29, 1.82) is 0 Å². The average Bonchev–Trinajstić information content (AvgIpc) is 2.31. The van der Waals surface area contributed by atoms with Crippen molar-refractivity contribution >= 4 is 6.09 Å². The second-order valence-electron chi connectivity index (χ2n) is 2.79. The fraction of sp³-hybridized carbons (Fsp3) is 0.857. The predicted octanol–water partition coefficient (Wildman–Crippen LogP) is 0.520. The second-order valence-corrected chi connectivity index (χ2v) is 2.79. The number of nitrogens with one attached hydrogen (secondary N) is 1. The first kappa shape index (κ1) is 8.33. The van der Waals surface area contributed by atoms with Crippen LogP contribution >= 0.6 is 0 Å². The zero-order valence-corrected chi connectivity index (χ0v) is 6.79. The zero-order valence-electron chi connectivity index (χ0n) is 6.79. The van der Waals surface area contributed by atoms with Crippen LogP contribution in [-0.2, 0) is 9.47 Å². The molecule has 1 rings (SSSR count). The van der Waals surface area contributed by atoms with Gasteiger partial charge >= 0.3 is 6.09 Å². The van der Waals surface area contributed by atoms with E-state index in [2.05, 4.69) is 5.32 Å². The quantitative estimate of drug-likeness (QED) is 0.653. The maximum absolute atomic E-state index is 10.5. The summed E-state index contributed by atoms with van der Waals surface area (Å²) in [7, 11) is 0. The lowest BCUT2D eigenvalue weighted by Gasteiger charge is -2.10. The van der Waals surface area contributed by atoms with Crippen molar-refractivity contribution < 1.29 is 14.3 Å². The molecule has 64 valence electrons. The summed E-state index contributed by atoms with van der Waals surface area (Å²) >= 11 is 0. The average molecular weight is 159 g/mol. The van der Waals surface area contributed by atoms with Gasteiger partial charge < -0.3 is 14.8 Å². The van der Waals surface area contributed by atoms with Crippen LogP contribution in [-0.4, -0.2) is 31.5 Å². The molecule has 1 heterocycles. The highest BCUT2D eigenvalue weighted by Gasteiger charge is 2.22. The molecule has 0 aromatic heterocycles. The molecule has 0 saturated carbocycles. The van der Waals surface area contributed by atoms with Crippen LogP contribution in [0.15, 0.2) is 0 Å². The molecular weight excluding hydrogens is 146 g/mol. The van der Waals surface area contributed by atoms with Crippen LogP contribution in [0.3, 0.4) is 0 Å². The second kappa shape index (κ2) is 3.57. The lowest BCUT2D eigenvalue weighted by molar-refractivity contribution is 0.0153. The smallest absolute Gasteiger partial charge is 0.407 e. The molecule has 0 aromatic carbocycles. The van der Waals surface area contributed by atoms with Gasteiger partial charge in [-0.1, -0.05) is 0 Å². The number of amides is 1. The van der Waals surface area contributed by atoms with E-state index in [9.17, 15) is 4.79 Å². The highest BCUT2D eigenvalue weighted by molar-refractivity contribution is 5.69. The number of ether oxygens (including phenoxy) is 2. The minimum absolute atomic E-state index is 0.107. The van der Waals surface area contributed by atoms with Crippen LogP contribution < -0.4 is 5.32 Å². The molecule has 1 amide bonds. The van der Waals surface area contributed by atoms with Gasteiger partial charge in [0, 0.05) is 0 Å². The van der Waals surface area contributed by atoms with Crippen molar-refractivity contribution in [2.75, 3.05) is 13.2 Å². The Morgan fingerprint density at radius 2 is 2.55 bits per heavy atom. The van der Waals surface area contributed by atoms with E-state index in [1.807, 2.05) is 13.8 Å². The summed E-state index contributed by atoms with van der Waals surface area (Å²) in [5.74, 6) is 0. The van der Waals surface area contributed by atoms with Crippen LogP contribution in [0, 0.1) is 0 Å². The molecule has 1 aliphatic heterocycles. The SMILES string of the molecule is CC(C)OC[C@@H]1CNC(=O)O1. The third-order valence-corrected chi connectivity index (χ3v) is 1.36. The fourth-order valence-electron chi connectivity index (χ4n) is 0.825. The molecule has 11 heavy (non-hydrogen) atoms. The standard InChI is InChI=1S/C7H13NO3/c1-5(2)10-4-6-3-8-7(9)11-6/h5-6H,3-4H2,1-2H3,(H,8,9)/t6-/m0/s1. The van der Waals surface area contributed by atoms with E-state index in [1.165, 1.54) is 0 Å². The molecule has 0 radical (unpaired) electrons. The van der Waals surface area contributed by atoms with Crippen LogP contribution in [0.25, 0.3) is 0 Å². The molecule has 1 N–H and O–H groups in total. The topological polar surface area (TPSA) is 47.6 Å². The molecular formula is C7H13NO3. The third kappa shape index (κ3) is 2.76. The highest BCUT2D eigenvalue weighted by atomic mass is 16.6. The molecule has 0 aromatic rings. The monoisotopic (exact) mass is 159 g/mol. The van der Waals surface area contributed by atoms with E-state index >= 15 is 0 Å². The summed E-state index contributed by atoms with van der Waals surface area (Å²) in [4.78, 5) is 10.5. The minimum atomic E-state index is -0.345. The van der Waals surface area contributed by atoms with Crippen LogP contribution in [0.5, 0.6) is 0 Å².